The number of hydrogen-bond acceptors (Lipinski definition) is 3. The minimum atomic E-state index is -0.411. The Balaban J connectivity index is 1.52. The summed E-state index contributed by atoms with van der Waals surface area (Å²) in [7, 11) is 0. The topological polar surface area (TPSA) is 50.9 Å². The van der Waals surface area contributed by atoms with Crippen molar-refractivity contribution in [1.82, 2.24) is 5.32 Å². The zero-order chi connectivity index (χ0) is 16.1. The third-order valence-electron chi connectivity index (χ3n) is 3.69. The van der Waals surface area contributed by atoms with Crippen molar-refractivity contribution in [1.29, 1.82) is 0 Å². The summed E-state index contributed by atoms with van der Waals surface area (Å²) in [5.41, 5.74) is 2.12. The molecule has 1 N–H and O–H groups in total. The van der Waals surface area contributed by atoms with E-state index in [-0.39, 0.29) is 18.8 Å². The van der Waals surface area contributed by atoms with Crippen LogP contribution in [0.1, 0.15) is 11.1 Å². The van der Waals surface area contributed by atoms with E-state index in [0.29, 0.717) is 6.61 Å². The normalized spacial score (nSPS) is 17.3. The fourth-order valence-corrected chi connectivity index (χ4v) is 2.62. The number of hydrogen-bond donors (Lipinski definition) is 1. The lowest BCUT2D eigenvalue weighted by Gasteiger charge is -2.17. The molecule has 120 valence electrons. The van der Waals surface area contributed by atoms with Gasteiger partial charge in [-0.3, -0.25) is 0 Å². The minimum Gasteiger partial charge on any atom is -0.445 e. The number of halogens is 1. The second-order valence-corrected chi connectivity index (χ2v) is 6.43. The summed E-state index contributed by atoms with van der Waals surface area (Å²) in [6.45, 7) is 0.948. The molecule has 3 rings (SSSR count). The number of carbonyl (C=O) groups excluding carboxylic acids is 1. The van der Waals surface area contributed by atoms with Gasteiger partial charge in [0.1, 0.15) is 12.7 Å². The number of amides is 1. The molecule has 1 aliphatic rings. The highest BCUT2D eigenvalue weighted by Gasteiger charge is 2.34. The summed E-state index contributed by atoms with van der Waals surface area (Å²) in [6, 6.07) is 17.6. The third-order valence-corrected chi connectivity index (χ3v) is 4.22. The molecule has 2 aromatic rings. The highest BCUT2D eigenvalue weighted by molar-refractivity contribution is 9.10. The van der Waals surface area contributed by atoms with E-state index < -0.39 is 6.09 Å². The maximum atomic E-state index is 12.0. The van der Waals surface area contributed by atoms with Crippen LogP contribution < -0.4 is 5.32 Å². The van der Waals surface area contributed by atoms with Crippen LogP contribution in [0.2, 0.25) is 0 Å². The Morgan fingerprint density at radius 3 is 2.52 bits per heavy atom. The Labute approximate surface area is 143 Å². The average Bonchev–Trinajstić information content (AvgIpc) is 3.40. The minimum absolute atomic E-state index is 0.0700. The van der Waals surface area contributed by atoms with Gasteiger partial charge in [0, 0.05) is 4.47 Å². The quantitative estimate of drug-likeness (QED) is 0.783. The molecule has 1 unspecified atom stereocenters. The molecule has 0 radical (unpaired) electrons. The van der Waals surface area contributed by atoms with Crippen LogP contribution in [0.5, 0.6) is 0 Å². The van der Waals surface area contributed by atoms with Gasteiger partial charge in [-0.05, 0) is 29.7 Å². The predicted molar refractivity (Wildman–Crippen MR) is 91.1 cm³/mol. The van der Waals surface area contributed by atoms with E-state index in [1.807, 2.05) is 54.6 Å². The molecule has 0 bridgehead atoms. The zero-order valence-electron chi connectivity index (χ0n) is 12.6. The Kier molecular flexibility index (Phi) is 5.31. The zero-order valence-corrected chi connectivity index (χ0v) is 14.2. The number of rotatable bonds is 6. The van der Waals surface area contributed by atoms with Gasteiger partial charge in [-0.1, -0.05) is 58.4 Å². The molecular weight excluding hydrogens is 358 g/mol. The molecule has 5 heteroatoms. The number of alkyl carbamates (subject to hydrolysis) is 1. The van der Waals surface area contributed by atoms with Crippen molar-refractivity contribution in [3.05, 3.63) is 70.2 Å². The number of benzene rings is 2. The first kappa shape index (κ1) is 16.0. The summed E-state index contributed by atoms with van der Waals surface area (Å²) in [4.78, 5) is 12.0. The summed E-state index contributed by atoms with van der Waals surface area (Å²) in [6.07, 6.45) is 0.382. The van der Waals surface area contributed by atoms with Crippen molar-refractivity contribution in [2.24, 2.45) is 0 Å². The predicted octanol–water partition coefficient (Wildman–Crippen LogP) is 3.69. The van der Waals surface area contributed by atoms with Gasteiger partial charge in [0.2, 0.25) is 0 Å². The van der Waals surface area contributed by atoms with Gasteiger partial charge in [-0.25, -0.2) is 4.79 Å². The Morgan fingerprint density at radius 2 is 1.87 bits per heavy atom. The number of nitrogens with one attached hydrogen (secondary N) is 1. The third kappa shape index (κ3) is 5.08. The van der Waals surface area contributed by atoms with Gasteiger partial charge in [0.15, 0.2) is 0 Å². The SMILES string of the molecule is O=C(NC(Cc1ccc(Br)cc1)[C@@H]1CO1)OCc1ccccc1. The standard InChI is InChI=1S/C18H18BrNO3/c19-15-8-6-13(7-9-15)10-16(17-12-22-17)20-18(21)23-11-14-4-2-1-3-5-14/h1-9,16-17H,10-12H2,(H,20,21)/t16?,17-/m0/s1. The van der Waals surface area contributed by atoms with Gasteiger partial charge in [0.05, 0.1) is 12.6 Å². The first-order valence-electron chi connectivity index (χ1n) is 7.54. The summed E-state index contributed by atoms with van der Waals surface area (Å²) in [5.74, 6) is 0. The van der Waals surface area contributed by atoms with Crippen molar-refractivity contribution < 1.29 is 14.3 Å². The summed E-state index contributed by atoms with van der Waals surface area (Å²) < 4.78 is 11.7. The molecular formula is C18H18BrNO3. The number of carbonyl (C=O) groups is 1. The fraction of sp³-hybridized carbons (Fsp3) is 0.278. The van der Waals surface area contributed by atoms with Crippen LogP contribution in [-0.2, 0) is 22.5 Å². The average molecular weight is 376 g/mol. The second kappa shape index (κ2) is 7.62. The van der Waals surface area contributed by atoms with Crippen LogP contribution in [0.4, 0.5) is 4.79 Å². The van der Waals surface area contributed by atoms with Crippen molar-refractivity contribution in [3.63, 3.8) is 0 Å². The molecule has 0 saturated carbocycles. The largest absolute Gasteiger partial charge is 0.445 e. The van der Waals surface area contributed by atoms with Crippen LogP contribution in [0.15, 0.2) is 59.1 Å². The molecule has 2 aromatic carbocycles. The van der Waals surface area contributed by atoms with Crippen LogP contribution in [0, 0.1) is 0 Å². The van der Waals surface area contributed by atoms with E-state index in [1.165, 1.54) is 0 Å². The van der Waals surface area contributed by atoms with Crippen molar-refractivity contribution in [3.8, 4) is 0 Å². The summed E-state index contributed by atoms with van der Waals surface area (Å²) >= 11 is 3.42. The van der Waals surface area contributed by atoms with E-state index in [4.69, 9.17) is 9.47 Å². The molecule has 0 spiro atoms. The van der Waals surface area contributed by atoms with E-state index in [2.05, 4.69) is 21.2 Å². The lowest BCUT2D eigenvalue weighted by atomic mass is 10.0. The van der Waals surface area contributed by atoms with E-state index in [9.17, 15) is 4.79 Å². The van der Waals surface area contributed by atoms with Gasteiger partial charge >= 0.3 is 6.09 Å². The van der Waals surface area contributed by atoms with Crippen molar-refractivity contribution in [2.45, 2.75) is 25.2 Å². The van der Waals surface area contributed by atoms with Gasteiger partial charge in [-0.2, -0.15) is 0 Å². The smallest absolute Gasteiger partial charge is 0.407 e. The van der Waals surface area contributed by atoms with Crippen LogP contribution in [0.3, 0.4) is 0 Å². The van der Waals surface area contributed by atoms with Crippen molar-refractivity contribution >= 4 is 22.0 Å². The number of epoxide rings is 1. The molecule has 23 heavy (non-hydrogen) atoms. The van der Waals surface area contributed by atoms with E-state index in [0.717, 1.165) is 22.0 Å². The van der Waals surface area contributed by atoms with Gasteiger partial charge in [-0.15, -0.1) is 0 Å². The first-order valence-corrected chi connectivity index (χ1v) is 8.33. The van der Waals surface area contributed by atoms with Crippen molar-refractivity contribution in [2.75, 3.05) is 6.61 Å². The molecule has 1 amide bonds. The summed E-state index contributed by atoms with van der Waals surface area (Å²) in [5, 5.41) is 2.91. The van der Waals surface area contributed by atoms with Crippen LogP contribution in [-0.4, -0.2) is 24.8 Å². The first-order chi connectivity index (χ1) is 11.2. The van der Waals surface area contributed by atoms with Crippen LogP contribution >= 0.6 is 15.9 Å². The maximum Gasteiger partial charge on any atom is 0.407 e. The van der Waals surface area contributed by atoms with Crippen LogP contribution in [0.25, 0.3) is 0 Å². The van der Waals surface area contributed by atoms with Gasteiger partial charge < -0.3 is 14.8 Å². The number of ether oxygens (including phenoxy) is 2. The molecule has 1 aliphatic heterocycles. The monoisotopic (exact) mass is 375 g/mol. The second-order valence-electron chi connectivity index (χ2n) is 5.51. The fourth-order valence-electron chi connectivity index (χ4n) is 2.35. The molecule has 1 heterocycles. The molecule has 4 nitrogen and oxygen atoms in total. The lowest BCUT2D eigenvalue weighted by molar-refractivity contribution is 0.133. The molecule has 0 aliphatic carbocycles. The Hall–Kier alpha value is -1.85. The molecule has 2 atom stereocenters. The molecule has 1 saturated heterocycles. The highest BCUT2D eigenvalue weighted by atomic mass is 79.9. The molecule has 1 fully saturated rings. The Morgan fingerprint density at radius 1 is 1.17 bits per heavy atom. The molecule has 0 aromatic heterocycles. The maximum absolute atomic E-state index is 12.0. The lowest BCUT2D eigenvalue weighted by Crippen LogP contribution is -2.40. The van der Waals surface area contributed by atoms with E-state index in [1.54, 1.807) is 0 Å². The Bertz CT molecular complexity index is 641. The highest BCUT2D eigenvalue weighted by Crippen LogP contribution is 2.19. The van der Waals surface area contributed by atoms with Gasteiger partial charge in [0.25, 0.3) is 0 Å². The van der Waals surface area contributed by atoms with E-state index >= 15 is 0 Å².